The summed E-state index contributed by atoms with van der Waals surface area (Å²) in [4.78, 5) is 1.10. The van der Waals surface area contributed by atoms with Crippen LogP contribution in [0.25, 0.3) is 0 Å². The van der Waals surface area contributed by atoms with E-state index in [-0.39, 0.29) is 5.82 Å². The fraction of sp³-hybridized carbons (Fsp3) is 0.0769. The maximum atomic E-state index is 12.9. The number of halogens is 1. The molecule has 0 aliphatic carbocycles. The van der Waals surface area contributed by atoms with Gasteiger partial charge in [-0.15, -0.1) is 11.8 Å². The number of nitrogen functional groups attached to an aromatic ring is 1. The summed E-state index contributed by atoms with van der Waals surface area (Å²) in [5.74, 6) is 0.562. The Balaban J connectivity index is 2.02. The van der Waals surface area contributed by atoms with E-state index in [0.29, 0.717) is 0 Å². The van der Waals surface area contributed by atoms with Crippen LogP contribution in [0.3, 0.4) is 0 Å². The minimum absolute atomic E-state index is 0.189. The molecular weight excluding hydrogens is 221 g/mol. The lowest BCUT2D eigenvalue weighted by Crippen LogP contribution is -1.85. The van der Waals surface area contributed by atoms with Gasteiger partial charge in [-0.05, 0) is 35.9 Å². The lowest BCUT2D eigenvalue weighted by atomic mass is 10.2. The van der Waals surface area contributed by atoms with Crippen LogP contribution in [-0.2, 0) is 5.75 Å². The first-order chi connectivity index (χ1) is 7.74. The monoisotopic (exact) mass is 233 g/mol. The van der Waals surface area contributed by atoms with Crippen LogP contribution in [0.15, 0.2) is 53.4 Å². The van der Waals surface area contributed by atoms with Crippen LogP contribution in [0, 0.1) is 5.82 Å². The molecule has 0 fully saturated rings. The number of nitrogens with two attached hydrogens (primary N) is 1. The van der Waals surface area contributed by atoms with Crippen molar-refractivity contribution in [3.8, 4) is 0 Å². The van der Waals surface area contributed by atoms with Crippen molar-refractivity contribution in [1.29, 1.82) is 0 Å². The highest BCUT2D eigenvalue weighted by molar-refractivity contribution is 7.98. The molecule has 0 bridgehead atoms. The van der Waals surface area contributed by atoms with Crippen LogP contribution in [0.4, 0.5) is 10.1 Å². The van der Waals surface area contributed by atoms with Crippen molar-refractivity contribution < 1.29 is 4.39 Å². The Hall–Kier alpha value is -1.48. The number of hydrogen-bond acceptors (Lipinski definition) is 2. The van der Waals surface area contributed by atoms with E-state index in [4.69, 9.17) is 5.73 Å². The van der Waals surface area contributed by atoms with Crippen molar-refractivity contribution in [2.24, 2.45) is 0 Å². The Morgan fingerprint density at radius 2 is 1.88 bits per heavy atom. The Morgan fingerprint density at radius 1 is 1.06 bits per heavy atom. The molecule has 0 amide bonds. The number of anilines is 1. The molecule has 0 atom stereocenters. The van der Waals surface area contributed by atoms with Gasteiger partial charge in [-0.2, -0.15) is 0 Å². The molecule has 3 heteroatoms. The van der Waals surface area contributed by atoms with E-state index < -0.39 is 0 Å². The summed E-state index contributed by atoms with van der Waals surface area (Å²) in [6.45, 7) is 0. The van der Waals surface area contributed by atoms with Crippen molar-refractivity contribution in [3.05, 3.63) is 59.9 Å². The fourth-order valence-corrected chi connectivity index (χ4v) is 2.30. The molecule has 0 unspecified atom stereocenters. The highest BCUT2D eigenvalue weighted by atomic mass is 32.2. The van der Waals surface area contributed by atoms with Crippen LogP contribution < -0.4 is 5.73 Å². The molecule has 1 nitrogen and oxygen atoms in total. The van der Waals surface area contributed by atoms with Crippen LogP contribution in [0.2, 0.25) is 0 Å². The molecule has 2 N–H and O–H groups in total. The number of benzene rings is 2. The van der Waals surface area contributed by atoms with Gasteiger partial charge in [-0.3, -0.25) is 0 Å². The Bertz CT molecular complexity index is 439. The van der Waals surface area contributed by atoms with Gasteiger partial charge in [0.25, 0.3) is 0 Å². The number of thioether (sulfide) groups is 1. The average Bonchev–Trinajstić information content (AvgIpc) is 2.27. The zero-order valence-corrected chi connectivity index (χ0v) is 9.51. The van der Waals surface area contributed by atoms with Gasteiger partial charge in [-0.25, -0.2) is 4.39 Å². The fourth-order valence-electron chi connectivity index (χ4n) is 1.40. The summed E-state index contributed by atoms with van der Waals surface area (Å²) >= 11 is 1.65. The van der Waals surface area contributed by atoms with E-state index in [9.17, 15) is 4.39 Å². The highest BCUT2D eigenvalue weighted by Gasteiger charge is 1.98. The molecule has 0 saturated heterocycles. The Kier molecular flexibility index (Phi) is 3.47. The summed E-state index contributed by atoms with van der Waals surface area (Å²) in [7, 11) is 0. The van der Waals surface area contributed by atoms with Crippen LogP contribution >= 0.6 is 11.8 Å². The topological polar surface area (TPSA) is 26.0 Å². The molecule has 0 aliphatic heterocycles. The van der Waals surface area contributed by atoms with Gasteiger partial charge in [0.05, 0.1) is 0 Å². The standard InChI is InChI=1S/C13H12FNS/c14-11-4-1-3-10(7-11)9-16-13-6-2-5-12(15)8-13/h1-8H,9,15H2. The zero-order valence-electron chi connectivity index (χ0n) is 8.69. The summed E-state index contributed by atoms with van der Waals surface area (Å²) in [6.07, 6.45) is 0. The number of hydrogen-bond donors (Lipinski definition) is 1. The van der Waals surface area contributed by atoms with Crippen LogP contribution in [0.1, 0.15) is 5.56 Å². The largest absolute Gasteiger partial charge is 0.399 e. The maximum absolute atomic E-state index is 12.9. The molecule has 2 rings (SSSR count). The second-order valence-corrected chi connectivity index (χ2v) is 4.54. The Labute approximate surface area is 98.5 Å². The third-order valence-electron chi connectivity index (χ3n) is 2.15. The van der Waals surface area contributed by atoms with Gasteiger partial charge in [0, 0.05) is 16.3 Å². The van der Waals surface area contributed by atoms with Crippen molar-refractivity contribution in [2.75, 3.05) is 5.73 Å². The first kappa shape index (κ1) is 11.0. The summed E-state index contributed by atoms with van der Waals surface area (Å²) in [5, 5.41) is 0. The van der Waals surface area contributed by atoms with Gasteiger partial charge in [0.1, 0.15) is 5.82 Å². The highest BCUT2D eigenvalue weighted by Crippen LogP contribution is 2.24. The minimum Gasteiger partial charge on any atom is -0.399 e. The lowest BCUT2D eigenvalue weighted by molar-refractivity contribution is 0.626. The van der Waals surface area contributed by atoms with Crippen molar-refractivity contribution in [2.45, 2.75) is 10.6 Å². The van der Waals surface area contributed by atoms with Gasteiger partial charge in [-0.1, -0.05) is 18.2 Å². The molecule has 0 radical (unpaired) electrons. The smallest absolute Gasteiger partial charge is 0.123 e. The number of rotatable bonds is 3. The van der Waals surface area contributed by atoms with Crippen molar-refractivity contribution in [3.63, 3.8) is 0 Å². The summed E-state index contributed by atoms with van der Waals surface area (Å²) in [6, 6.07) is 14.3. The first-order valence-electron chi connectivity index (χ1n) is 4.97. The second kappa shape index (κ2) is 5.03. The zero-order chi connectivity index (χ0) is 11.4. The molecule has 0 heterocycles. The predicted molar refractivity (Wildman–Crippen MR) is 66.8 cm³/mol. The molecular formula is C13H12FNS. The molecule has 0 saturated carbocycles. The molecule has 0 aliphatic rings. The van der Waals surface area contributed by atoms with Crippen molar-refractivity contribution >= 4 is 17.4 Å². The lowest BCUT2D eigenvalue weighted by Gasteiger charge is -2.03. The predicted octanol–water partition coefficient (Wildman–Crippen LogP) is 3.70. The van der Waals surface area contributed by atoms with Gasteiger partial charge >= 0.3 is 0 Å². The van der Waals surface area contributed by atoms with E-state index in [0.717, 1.165) is 21.9 Å². The molecule has 82 valence electrons. The molecule has 0 aromatic heterocycles. The quantitative estimate of drug-likeness (QED) is 0.646. The van der Waals surface area contributed by atoms with Crippen LogP contribution in [0.5, 0.6) is 0 Å². The normalized spacial score (nSPS) is 10.3. The van der Waals surface area contributed by atoms with E-state index in [2.05, 4.69) is 0 Å². The van der Waals surface area contributed by atoms with E-state index in [1.807, 2.05) is 30.3 Å². The maximum Gasteiger partial charge on any atom is 0.123 e. The van der Waals surface area contributed by atoms with Gasteiger partial charge in [0.2, 0.25) is 0 Å². The molecule has 16 heavy (non-hydrogen) atoms. The summed E-state index contributed by atoms with van der Waals surface area (Å²) < 4.78 is 12.9. The van der Waals surface area contributed by atoms with E-state index in [1.165, 1.54) is 6.07 Å². The van der Waals surface area contributed by atoms with Gasteiger partial charge in [0.15, 0.2) is 0 Å². The second-order valence-electron chi connectivity index (χ2n) is 3.49. The molecule has 2 aromatic rings. The average molecular weight is 233 g/mol. The molecule has 2 aromatic carbocycles. The molecule has 0 spiro atoms. The first-order valence-corrected chi connectivity index (χ1v) is 5.95. The minimum atomic E-state index is -0.189. The van der Waals surface area contributed by atoms with E-state index in [1.54, 1.807) is 23.9 Å². The third-order valence-corrected chi connectivity index (χ3v) is 3.22. The van der Waals surface area contributed by atoms with Crippen molar-refractivity contribution in [1.82, 2.24) is 0 Å². The van der Waals surface area contributed by atoms with Crippen LogP contribution in [-0.4, -0.2) is 0 Å². The SMILES string of the molecule is Nc1cccc(SCc2cccc(F)c2)c1. The van der Waals surface area contributed by atoms with E-state index >= 15 is 0 Å². The Morgan fingerprint density at radius 3 is 2.62 bits per heavy atom. The van der Waals surface area contributed by atoms with Gasteiger partial charge < -0.3 is 5.73 Å². The third kappa shape index (κ3) is 3.00. The summed E-state index contributed by atoms with van der Waals surface area (Å²) in [5.41, 5.74) is 7.41.